The molecular weight excluding hydrogens is 704 g/mol. The number of nitrogens with zero attached hydrogens (tertiary/aromatic N) is 1. The maximum atomic E-state index is 12.3. The predicted octanol–water partition coefficient (Wildman–Crippen LogP) is -5.15. The molecule has 0 radical (unpaired) electrons. The van der Waals surface area contributed by atoms with Crippen LogP contribution in [0.5, 0.6) is 5.75 Å². The van der Waals surface area contributed by atoms with Gasteiger partial charge in [-0.05, 0) is 12.1 Å². The molecule has 15 atom stereocenters. The summed E-state index contributed by atoms with van der Waals surface area (Å²) in [4.78, 5) is 46.8. The average molecular weight is 749 g/mol. The van der Waals surface area contributed by atoms with Crippen LogP contribution in [0.4, 0.5) is 5.69 Å². The van der Waals surface area contributed by atoms with Crippen LogP contribution in [0.2, 0.25) is 0 Å². The SMILES string of the molecule is CC(=O)N[C@@H]1[C@H](O[C@H]2[C@@H](O)[C@@H](NC(C)=O)[C@@H](O[C@H]3[C@@H](O)[C@@H](NC(C)=O)[C@@H](Oc4ccc([N+](=O)[O-])cc4)O[C@H]3CO)O[C@H]2CO)O[C@H](CO)[C@H](O)[C@H]1O. The highest BCUT2D eigenvalue weighted by atomic mass is 16.7. The fourth-order valence-corrected chi connectivity index (χ4v) is 6.14. The van der Waals surface area contributed by atoms with Gasteiger partial charge in [0.2, 0.25) is 24.0 Å². The summed E-state index contributed by atoms with van der Waals surface area (Å²) >= 11 is 0. The van der Waals surface area contributed by atoms with Gasteiger partial charge in [0.05, 0.1) is 24.7 Å². The standard InChI is InChI=1S/C30H44N4O18/c1-11(38)31-19-23(42)22(41)16(8-35)48-29(19)51-27-18(10-37)50-30(21(25(27)44)33-13(3)40)52-26-17(9-36)49-28(20(24(26)43)32-12(2)39)47-15-6-4-14(5-7-15)34(45)46/h4-7,16-30,35-37,41-44H,8-10H2,1-3H3,(H,31,38)(H,32,39)(H,33,40)/t16-,17+,18+,19+,20-,21-,22+,23+,24+,25+,26-,27-,28+,29+,30-/m1/s1. The van der Waals surface area contributed by atoms with Crippen LogP contribution in [0.15, 0.2) is 24.3 Å². The van der Waals surface area contributed by atoms with Crippen LogP contribution in [-0.4, -0.2) is 170 Å². The van der Waals surface area contributed by atoms with Crippen molar-refractivity contribution >= 4 is 23.4 Å². The lowest BCUT2D eigenvalue weighted by molar-refractivity contribution is -0.384. The maximum Gasteiger partial charge on any atom is 0.269 e. The zero-order chi connectivity index (χ0) is 38.4. The third-order valence-electron chi connectivity index (χ3n) is 8.58. The molecule has 1 aromatic rings. The molecule has 4 rings (SSSR count). The Morgan fingerprint density at radius 2 is 1.04 bits per heavy atom. The first-order valence-electron chi connectivity index (χ1n) is 16.1. The number of ether oxygens (including phenoxy) is 6. The van der Waals surface area contributed by atoms with E-state index in [1.54, 1.807) is 0 Å². The minimum absolute atomic E-state index is 0.0468. The Morgan fingerprint density at radius 1 is 0.654 bits per heavy atom. The van der Waals surface area contributed by atoms with Gasteiger partial charge in [-0.15, -0.1) is 0 Å². The largest absolute Gasteiger partial charge is 0.463 e. The molecule has 22 heteroatoms. The van der Waals surface area contributed by atoms with Gasteiger partial charge in [0, 0.05) is 32.9 Å². The second-order valence-corrected chi connectivity index (χ2v) is 12.4. The van der Waals surface area contributed by atoms with Crippen molar-refractivity contribution < 1.29 is 83.5 Å². The van der Waals surface area contributed by atoms with Crippen molar-refractivity contribution in [1.82, 2.24) is 16.0 Å². The van der Waals surface area contributed by atoms with Gasteiger partial charge < -0.3 is 80.1 Å². The molecule has 22 nitrogen and oxygen atoms in total. The van der Waals surface area contributed by atoms with Crippen LogP contribution in [0.1, 0.15) is 20.8 Å². The van der Waals surface area contributed by atoms with Crippen molar-refractivity contribution in [3.63, 3.8) is 0 Å². The molecule has 3 fully saturated rings. The molecule has 292 valence electrons. The van der Waals surface area contributed by atoms with Gasteiger partial charge in [0.15, 0.2) is 12.6 Å². The number of benzene rings is 1. The van der Waals surface area contributed by atoms with Crippen LogP contribution in [-0.2, 0) is 38.1 Å². The summed E-state index contributed by atoms with van der Waals surface area (Å²) in [6.07, 6.45) is -19.3. The molecule has 1 aromatic carbocycles. The number of non-ortho nitro benzene ring substituents is 1. The lowest BCUT2D eigenvalue weighted by atomic mass is 9.93. The second kappa shape index (κ2) is 17.9. The van der Waals surface area contributed by atoms with Crippen molar-refractivity contribution in [2.75, 3.05) is 19.8 Å². The molecule has 3 aliphatic rings. The van der Waals surface area contributed by atoms with E-state index in [1.807, 2.05) is 0 Å². The first-order valence-corrected chi connectivity index (χ1v) is 16.1. The number of nitrogens with one attached hydrogen (secondary N) is 3. The molecule has 52 heavy (non-hydrogen) atoms. The normalized spacial score (nSPS) is 37.8. The van der Waals surface area contributed by atoms with Crippen molar-refractivity contribution in [2.45, 2.75) is 113 Å². The molecule has 3 amide bonds. The molecule has 10 N–H and O–H groups in total. The Balaban J connectivity index is 1.59. The van der Waals surface area contributed by atoms with Gasteiger partial charge in [0.1, 0.15) is 78.8 Å². The Hall–Kier alpha value is -3.65. The van der Waals surface area contributed by atoms with Gasteiger partial charge in [-0.1, -0.05) is 0 Å². The van der Waals surface area contributed by atoms with E-state index in [0.717, 1.165) is 32.9 Å². The number of hydrogen-bond acceptors (Lipinski definition) is 18. The van der Waals surface area contributed by atoms with Gasteiger partial charge in [0.25, 0.3) is 5.69 Å². The minimum Gasteiger partial charge on any atom is -0.463 e. The second-order valence-electron chi connectivity index (χ2n) is 12.4. The molecule has 3 saturated heterocycles. The van der Waals surface area contributed by atoms with E-state index < -0.39 is 134 Å². The third kappa shape index (κ3) is 9.47. The van der Waals surface area contributed by atoms with Gasteiger partial charge in [-0.3, -0.25) is 24.5 Å². The fraction of sp³-hybridized carbons (Fsp3) is 0.700. The first kappa shape index (κ1) is 41.1. The number of aliphatic hydroxyl groups is 7. The third-order valence-corrected chi connectivity index (χ3v) is 8.58. The number of carbonyl (C=O) groups is 3. The molecule has 0 aliphatic carbocycles. The lowest BCUT2D eigenvalue weighted by Crippen LogP contribution is -2.71. The molecular formula is C30H44N4O18. The number of amides is 3. The summed E-state index contributed by atoms with van der Waals surface area (Å²) in [6, 6.07) is 0.420. The molecule has 0 bridgehead atoms. The number of nitro groups is 1. The smallest absolute Gasteiger partial charge is 0.269 e. The number of hydrogen-bond donors (Lipinski definition) is 10. The summed E-state index contributed by atoms with van der Waals surface area (Å²) < 4.78 is 35.0. The van der Waals surface area contributed by atoms with Crippen molar-refractivity contribution in [3.05, 3.63) is 34.4 Å². The number of nitro benzene ring substituents is 1. The van der Waals surface area contributed by atoms with Gasteiger partial charge in [-0.25, -0.2) is 0 Å². The molecule has 0 aromatic heterocycles. The van der Waals surface area contributed by atoms with E-state index >= 15 is 0 Å². The summed E-state index contributed by atoms with van der Waals surface area (Å²) in [5, 5.41) is 92.7. The van der Waals surface area contributed by atoms with Crippen LogP contribution >= 0.6 is 0 Å². The Morgan fingerprint density at radius 3 is 1.44 bits per heavy atom. The van der Waals surface area contributed by atoms with Gasteiger partial charge >= 0.3 is 0 Å². The Kier molecular flexibility index (Phi) is 14.2. The predicted molar refractivity (Wildman–Crippen MR) is 168 cm³/mol. The minimum atomic E-state index is -1.82. The topological polar surface area (TPSA) is 327 Å². The van der Waals surface area contributed by atoms with E-state index in [4.69, 9.17) is 28.4 Å². The van der Waals surface area contributed by atoms with Crippen LogP contribution in [0, 0.1) is 10.1 Å². The molecule has 0 saturated carbocycles. The summed E-state index contributed by atoms with van der Waals surface area (Å²) in [5.74, 6) is -1.97. The average Bonchev–Trinajstić information content (AvgIpc) is 3.09. The first-order chi connectivity index (χ1) is 24.6. The van der Waals surface area contributed by atoms with Crippen molar-refractivity contribution in [1.29, 1.82) is 0 Å². The van der Waals surface area contributed by atoms with E-state index in [0.29, 0.717) is 0 Å². The number of aliphatic hydroxyl groups excluding tert-OH is 7. The molecule has 0 spiro atoms. The Bertz CT molecular complexity index is 1390. The summed E-state index contributed by atoms with van der Waals surface area (Å²) in [7, 11) is 0. The Labute approximate surface area is 295 Å². The van der Waals surface area contributed by atoms with Crippen molar-refractivity contribution in [2.24, 2.45) is 0 Å². The van der Waals surface area contributed by atoms with Crippen molar-refractivity contribution in [3.8, 4) is 5.75 Å². The molecule has 3 heterocycles. The highest BCUT2D eigenvalue weighted by Crippen LogP contribution is 2.33. The lowest BCUT2D eigenvalue weighted by Gasteiger charge is -2.50. The van der Waals surface area contributed by atoms with Crippen LogP contribution in [0.3, 0.4) is 0 Å². The summed E-state index contributed by atoms with van der Waals surface area (Å²) in [5.41, 5.74) is -0.237. The highest BCUT2D eigenvalue weighted by molar-refractivity contribution is 5.74. The van der Waals surface area contributed by atoms with E-state index in [1.165, 1.54) is 12.1 Å². The maximum absolute atomic E-state index is 12.3. The quantitative estimate of drug-likeness (QED) is 0.0666. The van der Waals surface area contributed by atoms with Crippen LogP contribution < -0.4 is 20.7 Å². The highest BCUT2D eigenvalue weighted by Gasteiger charge is 2.55. The zero-order valence-corrected chi connectivity index (χ0v) is 28.2. The summed E-state index contributed by atoms with van der Waals surface area (Å²) in [6.45, 7) is 0.890. The molecule has 3 aliphatic heterocycles. The fourth-order valence-electron chi connectivity index (χ4n) is 6.14. The van der Waals surface area contributed by atoms with E-state index in [9.17, 15) is 60.2 Å². The van der Waals surface area contributed by atoms with Gasteiger partial charge in [-0.2, -0.15) is 0 Å². The van der Waals surface area contributed by atoms with Crippen LogP contribution in [0.25, 0.3) is 0 Å². The zero-order valence-electron chi connectivity index (χ0n) is 28.2. The monoisotopic (exact) mass is 748 g/mol. The van der Waals surface area contributed by atoms with E-state index in [-0.39, 0.29) is 11.4 Å². The molecule has 0 unspecified atom stereocenters. The van der Waals surface area contributed by atoms with E-state index in [2.05, 4.69) is 16.0 Å². The number of carbonyl (C=O) groups excluding carboxylic acids is 3. The number of rotatable bonds is 13.